The van der Waals surface area contributed by atoms with Crippen LogP contribution in [0.15, 0.2) is 48.8 Å². The van der Waals surface area contributed by atoms with E-state index in [4.69, 9.17) is 4.74 Å². The zero-order valence-electron chi connectivity index (χ0n) is 12.9. The summed E-state index contributed by atoms with van der Waals surface area (Å²) in [4.78, 5) is 16.2. The number of carbonyl (C=O) groups excluding carboxylic acids is 1. The van der Waals surface area contributed by atoms with E-state index in [1.165, 1.54) is 0 Å². The van der Waals surface area contributed by atoms with E-state index in [1.807, 2.05) is 18.2 Å². The van der Waals surface area contributed by atoms with Gasteiger partial charge in [0, 0.05) is 35.5 Å². The Morgan fingerprint density at radius 2 is 2.17 bits per heavy atom. The molecule has 1 amide bonds. The van der Waals surface area contributed by atoms with E-state index in [1.54, 1.807) is 30.6 Å². The topological polar surface area (TPSA) is 71.5 Å². The Morgan fingerprint density at radius 3 is 2.87 bits per heavy atom. The summed E-state index contributed by atoms with van der Waals surface area (Å²) in [6, 6.07) is 10.9. The first-order valence-electron chi connectivity index (χ1n) is 7.72. The van der Waals surface area contributed by atoms with Crippen LogP contribution in [0, 0.1) is 5.41 Å². The molecule has 1 heterocycles. The van der Waals surface area contributed by atoms with Gasteiger partial charge in [-0.1, -0.05) is 12.1 Å². The predicted molar refractivity (Wildman–Crippen MR) is 86.1 cm³/mol. The van der Waals surface area contributed by atoms with Gasteiger partial charge < -0.3 is 15.2 Å². The van der Waals surface area contributed by atoms with Crippen molar-refractivity contribution >= 4 is 5.91 Å². The second kappa shape index (κ2) is 6.79. The highest BCUT2D eigenvalue weighted by atomic mass is 16.5. The largest absolute Gasteiger partial charge is 0.489 e. The molecule has 1 aliphatic carbocycles. The maximum absolute atomic E-state index is 12.2. The SMILES string of the molecule is O=C(NCC1(CO)CC1)c1cccc(OCc2cccnc2)c1. The molecule has 0 atom stereocenters. The number of nitrogens with one attached hydrogen (secondary N) is 1. The summed E-state index contributed by atoms with van der Waals surface area (Å²) in [5.74, 6) is 0.501. The number of aliphatic hydroxyl groups excluding tert-OH is 1. The summed E-state index contributed by atoms with van der Waals surface area (Å²) in [7, 11) is 0. The molecule has 0 unspecified atom stereocenters. The average Bonchev–Trinajstić information content (AvgIpc) is 3.40. The van der Waals surface area contributed by atoms with E-state index >= 15 is 0 Å². The molecule has 2 aromatic rings. The summed E-state index contributed by atoms with van der Waals surface area (Å²) in [6.07, 6.45) is 5.41. The van der Waals surface area contributed by atoms with Gasteiger partial charge in [0.05, 0.1) is 6.61 Å². The van der Waals surface area contributed by atoms with Crippen LogP contribution in [0.1, 0.15) is 28.8 Å². The van der Waals surface area contributed by atoms with Crippen LogP contribution in [0.2, 0.25) is 0 Å². The Bertz CT molecular complexity index is 669. The molecule has 2 N–H and O–H groups in total. The standard InChI is InChI=1S/C18H20N2O3/c21-13-18(6-7-18)12-20-17(22)15-4-1-5-16(9-15)23-11-14-3-2-8-19-10-14/h1-5,8-10,21H,6-7,11-13H2,(H,20,22). The average molecular weight is 312 g/mol. The monoisotopic (exact) mass is 312 g/mol. The number of amides is 1. The summed E-state index contributed by atoms with van der Waals surface area (Å²) < 4.78 is 5.70. The number of rotatable bonds is 7. The molecular formula is C18H20N2O3. The van der Waals surface area contributed by atoms with Gasteiger partial charge in [-0.3, -0.25) is 9.78 Å². The van der Waals surface area contributed by atoms with E-state index < -0.39 is 0 Å². The van der Waals surface area contributed by atoms with Crippen LogP contribution in [0.25, 0.3) is 0 Å². The fraction of sp³-hybridized carbons (Fsp3) is 0.333. The molecule has 1 aromatic heterocycles. The molecule has 1 aliphatic rings. The second-order valence-corrected chi connectivity index (χ2v) is 6.02. The Labute approximate surface area is 135 Å². The van der Waals surface area contributed by atoms with E-state index in [0.29, 0.717) is 24.5 Å². The number of carbonyl (C=O) groups is 1. The molecule has 0 spiro atoms. The van der Waals surface area contributed by atoms with Gasteiger partial charge in [0.1, 0.15) is 12.4 Å². The molecule has 1 fully saturated rings. The minimum absolute atomic E-state index is 0.0932. The van der Waals surface area contributed by atoms with E-state index in [9.17, 15) is 9.90 Å². The van der Waals surface area contributed by atoms with Crippen molar-refractivity contribution < 1.29 is 14.6 Å². The number of aliphatic hydroxyl groups is 1. The number of hydrogen-bond acceptors (Lipinski definition) is 4. The molecular weight excluding hydrogens is 292 g/mol. The number of nitrogens with zero attached hydrogens (tertiary/aromatic N) is 1. The number of ether oxygens (including phenoxy) is 1. The Morgan fingerprint density at radius 1 is 1.30 bits per heavy atom. The van der Waals surface area contributed by atoms with Crippen molar-refractivity contribution in [1.82, 2.24) is 10.3 Å². The van der Waals surface area contributed by atoms with Crippen LogP contribution in [0.4, 0.5) is 0 Å². The summed E-state index contributed by atoms with van der Waals surface area (Å²) in [5, 5.41) is 12.2. The molecule has 5 nitrogen and oxygen atoms in total. The van der Waals surface area contributed by atoms with Gasteiger partial charge in [-0.05, 0) is 37.1 Å². The first-order valence-corrected chi connectivity index (χ1v) is 7.72. The highest BCUT2D eigenvalue weighted by Gasteiger charge is 2.42. The maximum Gasteiger partial charge on any atom is 0.251 e. The van der Waals surface area contributed by atoms with Crippen LogP contribution in [-0.4, -0.2) is 29.1 Å². The lowest BCUT2D eigenvalue weighted by atomic mass is 10.1. The Hall–Kier alpha value is -2.40. The highest BCUT2D eigenvalue weighted by molar-refractivity contribution is 5.94. The highest BCUT2D eigenvalue weighted by Crippen LogP contribution is 2.44. The molecule has 0 radical (unpaired) electrons. The van der Waals surface area contributed by atoms with Gasteiger partial charge in [0.15, 0.2) is 0 Å². The fourth-order valence-corrected chi connectivity index (χ4v) is 2.31. The van der Waals surface area contributed by atoms with Crippen molar-refractivity contribution in [1.29, 1.82) is 0 Å². The molecule has 1 saturated carbocycles. The Balaban J connectivity index is 1.57. The van der Waals surface area contributed by atoms with Gasteiger partial charge in [-0.2, -0.15) is 0 Å². The smallest absolute Gasteiger partial charge is 0.251 e. The van der Waals surface area contributed by atoms with Gasteiger partial charge in [0.25, 0.3) is 5.91 Å². The van der Waals surface area contributed by atoms with E-state index in [-0.39, 0.29) is 17.9 Å². The first kappa shape index (κ1) is 15.5. The molecule has 0 saturated heterocycles. The zero-order chi connectivity index (χ0) is 16.1. The molecule has 3 rings (SSSR count). The van der Waals surface area contributed by atoms with Crippen LogP contribution in [-0.2, 0) is 6.61 Å². The molecule has 5 heteroatoms. The van der Waals surface area contributed by atoms with E-state index in [0.717, 1.165) is 18.4 Å². The molecule has 0 bridgehead atoms. The summed E-state index contributed by atoms with van der Waals surface area (Å²) in [5.41, 5.74) is 1.44. The van der Waals surface area contributed by atoms with Gasteiger partial charge in [-0.25, -0.2) is 0 Å². The minimum atomic E-state index is -0.142. The van der Waals surface area contributed by atoms with Gasteiger partial charge >= 0.3 is 0 Å². The summed E-state index contributed by atoms with van der Waals surface area (Å²) in [6.45, 7) is 1.05. The first-order chi connectivity index (χ1) is 11.2. The lowest BCUT2D eigenvalue weighted by Gasteiger charge is -2.13. The number of benzene rings is 1. The lowest BCUT2D eigenvalue weighted by Crippen LogP contribution is -2.31. The van der Waals surface area contributed by atoms with E-state index in [2.05, 4.69) is 10.3 Å². The second-order valence-electron chi connectivity index (χ2n) is 6.02. The number of aromatic nitrogens is 1. The molecule has 0 aliphatic heterocycles. The van der Waals surface area contributed by atoms with Crippen molar-refractivity contribution in [3.63, 3.8) is 0 Å². The van der Waals surface area contributed by atoms with Crippen molar-refractivity contribution in [3.8, 4) is 5.75 Å². The zero-order valence-corrected chi connectivity index (χ0v) is 12.9. The fourth-order valence-electron chi connectivity index (χ4n) is 2.31. The number of hydrogen-bond donors (Lipinski definition) is 2. The Kier molecular flexibility index (Phi) is 4.57. The predicted octanol–water partition coefficient (Wildman–Crippen LogP) is 2.16. The van der Waals surface area contributed by atoms with Gasteiger partial charge in [0.2, 0.25) is 0 Å². The van der Waals surface area contributed by atoms with Crippen LogP contribution < -0.4 is 10.1 Å². The van der Waals surface area contributed by atoms with Crippen molar-refractivity contribution in [2.45, 2.75) is 19.4 Å². The molecule has 23 heavy (non-hydrogen) atoms. The quantitative estimate of drug-likeness (QED) is 0.822. The van der Waals surface area contributed by atoms with Crippen molar-refractivity contribution in [2.75, 3.05) is 13.2 Å². The lowest BCUT2D eigenvalue weighted by molar-refractivity contribution is 0.0934. The summed E-state index contributed by atoms with van der Waals surface area (Å²) >= 11 is 0. The minimum Gasteiger partial charge on any atom is -0.489 e. The normalized spacial score (nSPS) is 15.0. The third-order valence-corrected chi connectivity index (χ3v) is 4.14. The van der Waals surface area contributed by atoms with Gasteiger partial charge in [-0.15, -0.1) is 0 Å². The third kappa shape index (κ3) is 4.07. The number of pyridine rings is 1. The third-order valence-electron chi connectivity index (χ3n) is 4.14. The molecule has 120 valence electrons. The maximum atomic E-state index is 12.2. The van der Waals surface area contributed by atoms with Crippen molar-refractivity contribution in [2.24, 2.45) is 5.41 Å². The van der Waals surface area contributed by atoms with Crippen LogP contribution >= 0.6 is 0 Å². The van der Waals surface area contributed by atoms with Crippen LogP contribution in [0.3, 0.4) is 0 Å². The van der Waals surface area contributed by atoms with Crippen LogP contribution in [0.5, 0.6) is 5.75 Å². The molecule has 1 aromatic carbocycles. The van der Waals surface area contributed by atoms with Crippen molar-refractivity contribution in [3.05, 3.63) is 59.9 Å².